The maximum atomic E-state index is 14.9. The summed E-state index contributed by atoms with van der Waals surface area (Å²) in [6, 6.07) is 8.76. The van der Waals surface area contributed by atoms with Crippen LogP contribution in [0.25, 0.3) is 33.5 Å². The number of nitrogens with one attached hydrogen (secondary N) is 3. The second-order valence-corrected chi connectivity index (χ2v) is 20.0. The number of carbonyl (C=O) groups is 3. The maximum absolute atomic E-state index is 14.9. The summed E-state index contributed by atoms with van der Waals surface area (Å²) >= 11 is 0. The molecular weight excluding hydrogens is 836 g/mol. The molecule has 9 rings (SSSR count). The summed E-state index contributed by atoms with van der Waals surface area (Å²) in [6.07, 6.45) is 9.09. The Morgan fingerprint density at radius 1 is 1.03 bits per heavy atom. The summed E-state index contributed by atoms with van der Waals surface area (Å²) in [5, 5.41) is 17.6. The summed E-state index contributed by atoms with van der Waals surface area (Å²) in [6.45, 7) is 1.48. The van der Waals surface area contributed by atoms with Crippen molar-refractivity contribution in [2.24, 2.45) is 5.92 Å². The lowest BCUT2D eigenvalue weighted by Gasteiger charge is -2.31. The van der Waals surface area contributed by atoms with Crippen molar-refractivity contribution in [3.8, 4) is 23.0 Å². The Bertz CT molecular complexity index is 2540. The molecule has 0 spiro atoms. The zero-order valence-electron chi connectivity index (χ0n) is 35.3. The average molecular weight is 889 g/mol. The van der Waals surface area contributed by atoms with Gasteiger partial charge in [-0.05, 0) is 101 Å². The minimum atomic E-state index is -4.03. The van der Waals surface area contributed by atoms with E-state index in [0.29, 0.717) is 59.9 Å². The van der Waals surface area contributed by atoms with Crippen molar-refractivity contribution >= 4 is 49.8 Å². The first-order chi connectivity index (χ1) is 30.3. The molecule has 16 nitrogen and oxygen atoms in total. The summed E-state index contributed by atoms with van der Waals surface area (Å²) in [5.41, 5.74) is -0.0101. The molecule has 3 amide bonds. The molecular formula is C45H53FN6O10S. The molecule has 6 atom stereocenters. The van der Waals surface area contributed by atoms with Crippen LogP contribution < -0.4 is 24.8 Å². The fraction of sp³-hybridized carbons (Fsp3) is 0.533. The first kappa shape index (κ1) is 43.1. The Labute approximate surface area is 364 Å². The van der Waals surface area contributed by atoms with Gasteiger partial charge in [-0.15, -0.1) is 0 Å². The zero-order valence-corrected chi connectivity index (χ0v) is 36.1. The number of nitrogens with zero attached hydrogens (tertiary/aromatic N) is 3. The molecule has 18 heteroatoms. The topological polar surface area (TPSA) is 212 Å². The zero-order chi connectivity index (χ0) is 44.1. The Hall–Kier alpha value is -5.17. The molecule has 336 valence electrons. The van der Waals surface area contributed by atoms with E-state index in [-0.39, 0.29) is 42.8 Å². The van der Waals surface area contributed by atoms with Crippen LogP contribution >= 0.6 is 0 Å². The van der Waals surface area contributed by atoms with Crippen LogP contribution in [0, 0.1) is 11.7 Å². The number of fused-ring (bicyclic) bond motifs is 5. The van der Waals surface area contributed by atoms with Gasteiger partial charge in [0.1, 0.15) is 40.4 Å². The second kappa shape index (κ2) is 17.1. The summed E-state index contributed by atoms with van der Waals surface area (Å²) < 4.78 is 66.1. The fourth-order valence-corrected chi connectivity index (χ4v) is 10.4. The predicted octanol–water partition coefficient (Wildman–Crippen LogP) is 5.13. The van der Waals surface area contributed by atoms with E-state index in [1.165, 1.54) is 17.0 Å². The van der Waals surface area contributed by atoms with Gasteiger partial charge in [-0.1, -0.05) is 37.8 Å². The standard InChI is InChI=1S/C45H53FN6O10S/c1-44(20-21-44)63(57,58)51-42(55)45-24-27(45)10-6-4-3-5-7-13-33(47-43(56)61-29-11-8-9-12-29)41(54)52-25-31(23-34(52)39(53)50-45)60-40-37-36(32-22-30(59-2)18-19-35(32)62-37)48-38(49-40)26-14-16-28(46)17-15-26/h6,10,14-19,22,27,29,31,33-34,43,47,56H,3-5,7-9,11-13,20-21,23-25H2,1-2H3,(H,50,53)(H,51,55)/t27-,31-,33+,34+,43?,45-/m1/s1. The van der Waals surface area contributed by atoms with Crippen LogP contribution in [0.4, 0.5) is 4.39 Å². The first-order valence-electron chi connectivity index (χ1n) is 21.9. The number of carbonyl (C=O) groups excluding carboxylic acids is 3. The number of sulfonamides is 1. The normalized spacial score (nSPS) is 27.0. The number of amides is 3. The number of hydrogen-bond acceptors (Lipinski definition) is 13. The molecule has 5 aliphatic rings. The van der Waals surface area contributed by atoms with Crippen molar-refractivity contribution in [3.05, 3.63) is 60.4 Å². The monoisotopic (exact) mass is 888 g/mol. The van der Waals surface area contributed by atoms with E-state index >= 15 is 0 Å². The van der Waals surface area contributed by atoms with Crippen molar-refractivity contribution in [2.45, 2.75) is 131 Å². The van der Waals surface area contributed by atoms with Crippen molar-refractivity contribution < 1.29 is 50.9 Å². The molecule has 3 aliphatic carbocycles. The van der Waals surface area contributed by atoms with E-state index in [2.05, 4.69) is 15.4 Å². The van der Waals surface area contributed by atoms with Crippen molar-refractivity contribution in [3.63, 3.8) is 0 Å². The number of aliphatic hydroxyl groups excluding tert-OH is 1. The highest BCUT2D eigenvalue weighted by molar-refractivity contribution is 7.91. The third-order valence-corrected chi connectivity index (χ3v) is 15.5. The molecule has 4 fully saturated rings. The SMILES string of the molecule is COc1ccc2oc3c(O[C@@H]4C[C@H]5C(=O)N[C@]6(C(=O)NS(=O)(=O)C7(C)CC7)C[C@H]6C=CCCCCC[C@H](NC(O)OC6CCCC6)C(=O)N5C4)nc(-c4ccc(F)cc4)nc3c2c1. The van der Waals surface area contributed by atoms with Crippen LogP contribution in [0.3, 0.4) is 0 Å². The van der Waals surface area contributed by atoms with Crippen molar-refractivity contribution in [1.82, 2.24) is 30.2 Å². The number of allylic oxidation sites excluding steroid dienone is 1. The summed E-state index contributed by atoms with van der Waals surface area (Å²) in [5.74, 6) is -2.10. The van der Waals surface area contributed by atoms with Gasteiger partial charge < -0.3 is 34.0 Å². The van der Waals surface area contributed by atoms with Gasteiger partial charge in [0.2, 0.25) is 33.8 Å². The van der Waals surface area contributed by atoms with Gasteiger partial charge in [-0.2, -0.15) is 4.98 Å². The van der Waals surface area contributed by atoms with Gasteiger partial charge in [0.15, 0.2) is 5.82 Å². The average Bonchev–Trinajstić information content (AvgIpc) is 3.93. The lowest BCUT2D eigenvalue weighted by atomic mass is 10.0. The van der Waals surface area contributed by atoms with Crippen LogP contribution in [0.2, 0.25) is 0 Å². The number of methoxy groups -OCH3 is 1. The first-order valence-corrected chi connectivity index (χ1v) is 23.4. The molecule has 1 unspecified atom stereocenters. The van der Waals surface area contributed by atoms with Crippen LogP contribution in [0.5, 0.6) is 11.6 Å². The molecule has 2 aromatic heterocycles. The minimum Gasteiger partial charge on any atom is -0.497 e. The molecule has 4 aromatic rings. The number of aliphatic hydroxyl groups is 1. The Morgan fingerprint density at radius 2 is 1.79 bits per heavy atom. The van der Waals surface area contributed by atoms with Gasteiger partial charge in [0.05, 0.1) is 35.9 Å². The molecule has 4 N–H and O–H groups in total. The number of rotatable bonds is 11. The number of halogens is 1. The minimum absolute atomic E-state index is 0.0205. The maximum Gasteiger partial charge on any atom is 0.262 e. The smallest absolute Gasteiger partial charge is 0.262 e. The summed E-state index contributed by atoms with van der Waals surface area (Å²) in [7, 11) is -2.49. The molecule has 63 heavy (non-hydrogen) atoms. The van der Waals surface area contributed by atoms with Gasteiger partial charge in [0.25, 0.3) is 11.8 Å². The fourth-order valence-electron chi connectivity index (χ4n) is 9.08. The number of aromatic nitrogens is 2. The van der Waals surface area contributed by atoms with Crippen molar-refractivity contribution in [2.75, 3.05) is 13.7 Å². The quantitative estimate of drug-likeness (QED) is 0.114. The Balaban J connectivity index is 1.06. The molecule has 1 saturated heterocycles. The highest BCUT2D eigenvalue weighted by Gasteiger charge is 2.63. The second-order valence-electron chi connectivity index (χ2n) is 17.8. The van der Waals surface area contributed by atoms with Crippen LogP contribution in [-0.2, 0) is 29.1 Å². The lowest BCUT2D eigenvalue weighted by Crippen LogP contribution is -2.59. The summed E-state index contributed by atoms with van der Waals surface area (Å²) in [4.78, 5) is 54.5. The lowest BCUT2D eigenvalue weighted by molar-refractivity contribution is -0.165. The number of ether oxygens (including phenoxy) is 3. The van der Waals surface area contributed by atoms with Crippen LogP contribution in [0.15, 0.2) is 59.0 Å². The van der Waals surface area contributed by atoms with E-state index in [1.54, 1.807) is 44.4 Å². The Kier molecular flexibility index (Phi) is 11.7. The van der Waals surface area contributed by atoms with E-state index in [4.69, 9.17) is 28.6 Å². The van der Waals surface area contributed by atoms with Crippen LogP contribution in [0.1, 0.15) is 90.4 Å². The molecule has 2 aromatic carbocycles. The van der Waals surface area contributed by atoms with Gasteiger partial charge in [-0.3, -0.25) is 24.4 Å². The number of furan rings is 1. The number of benzene rings is 2. The van der Waals surface area contributed by atoms with Gasteiger partial charge >= 0.3 is 0 Å². The molecule has 4 heterocycles. The third-order valence-electron chi connectivity index (χ3n) is 13.3. The van der Waals surface area contributed by atoms with E-state index in [0.717, 1.165) is 38.5 Å². The predicted molar refractivity (Wildman–Crippen MR) is 228 cm³/mol. The Morgan fingerprint density at radius 3 is 2.54 bits per heavy atom. The molecule has 0 bridgehead atoms. The third kappa shape index (κ3) is 8.74. The highest BCUT2D eigenvalue weighted by atomic mass is 32.2. The largest absolute Gasteiger partial charge is 0.497 e. The van der Waals surface area contributed by atoms with E-state index < -0.39 is 74.4 Å². The van der Waals surface area contributed by atoms with Crippen molar-refractivity contribution in [1.29, 1.82) is 0 Å². The van der Waals surface area contributed by atoms with Crippen LogP contribution in [-0.4, -0.2) is 101 Å². The molecule has 3 saturated carbocycles. The molecule has 2 aliphatic heterocycles. The molecule has 0 radical (unpaired) electrons. The van der Waals surface area contributed by atoms with E-state index in [9.17, 15) is 32.3 Å². The van der Waals surface area contributed by atoms with Gasteiger partial charge in [-0.25, -0.2) is 17.8 Å². The highest BCUT2D eigenvalue weighted by Crippen LogP contribution is 2.48. The number of hydrogen-bond donors (Lipinski definition) is 4. The van der Waals surface area contributed by atoms with E-state index in [1.807, 2.05) is 12.2 Å². The van der Waals surface area contributed by atoms with Gasteiger partial charge in [0, 0.05) is 17.9 Å².